The number of carbonyl (C=O) groups is 2. The number of hydrogen-bond acceptors (Lipinski definition) is 9. The van der Waals surface area contributed by atoms with Gasteiger partial charge in [0, 0.05) is 74.5 Å². The van der Waals surface area contributed by atoms with Gasteiger partial charge in [-0.1, -0.05) is 11.6 Å². The van der Waals surface area contributed by atoms with Crippen molar-refractivity contribution in [2.75, 3.05) is 55.6 Å². The molecule has 2 amide bonds. The van der Waals surface area contributed by atoms with Gasteiger partial charge in [0.2, 0.25) is 15.9 Å². The summed E-state index contributed by atoms with van der Waals surface area (Å²) in [4.78, 5) is 36.2. The molecule has 1 aliphatic carbocycles. The molecule has 3 N–H and O–H groups in total. The van der Waals surface area contributed by atoms with Gasteiger partial charge in [0.05, 0.1) is 4.90 Å². The number of ether oxygens (including phenoxy) is 1. The maximum atomic E-state index is 15.8. The van der Waals surface area contributed by atoms with Crippen LogP contribution in [0.3, 0.4) is 0 Å². The van der Waals surface area contributed by atoms with Crippen LogP contribution < -0.4 is 20.9 Å². The summed E-state index contributed by atoms with van der Waals surface area (Å²) in [7, 11) is -3.88. The number of halogens is 3. The lowest BCUT2D eigenvalue weighted by Crippen LogP contribution is -2.49. The number of carbonyl (C=O) groups excluding carboxylic acids is 2. The zero-order chi connectivity index (χ0) is 37.0. The van der Waals surface area contributed by atoms with Crippen LogP contribution in [0.5, 0.6) is 0 Å². The van der Waals surface area contributed by atoms with E-state index in [0.29, 0.717) is 50.3 Å². The first-order valence-electron chi connectivity index (χ1n) is 17.5. The fourth-order valence-electron chi connectivity index (χ4n) is 6.79. The molecule has 12 nitrogen and oxygen atoms in total. The van der Waals surface area contributed by atoms with E-state index in [1.165, 1.54) is 39.7 Å². The van der Waals surface area contributed by atoms with Gasteiger partial charge in [-0.05, 0) is 102 Å². The summed E-state index contributed by atoms with van der Waals surface area (Å²) in [5.41, 5.74) is 5.23. The Labute approximate surface area is 303 Å². The first kappa shape index (κ1) is 39.0. The van der Waals surface area contributed by atoms with Crippen molar-refractivity contribution < 1.29 is 31.5 Å². The Morgan fingerprint density at radius 1 is 1.10 bits per heavy atom. The van der Waals surface area contributed by atoms with Gasteiger partial charge in [0.25, 0.3) is 5.92 Å². The van der Waals surface area contributed by atoms with Crippen LogP contribution in [0, 0.1) is 11.8 Å². The Morgan fingerprint density at radius 2 is 1.76 bits per heavy atom. The number of nitrogens with two attached hydrogens (primary N) is 1. The summed E-state index contributed by atoms with van der Waals surface area (Å²) < 4.78 is 65.3. The highest BCUT2D eigenvalue weighted by Gasteiger charge is 2.44. The molecule has 2 aromatic rings. The number of benzene rings is 1. The minimum absolute atomic E-state index is 0.0346. The molecule has 280 valence electrons. The third kappa shape index (κ3) is 9.80. The average Bonchev–Trinajstić information content (AvgIpc) is 3.47. The van der Waals surface area contributed by atoms with E-state index in [1.54, 1.807) is 37.8 Å². The molecule has 1 aromatic heterocycles. The number of sulfonamides is 1. The predicted octanol–water partition coefficient (Wildman–Crippen LogP) is 5.19. The second-order valence-corrected chi connectivity index (χ2v) is 16.7. The number of nitrogens with zero attached hydrogens (tertiary/aromatic N) is 5. The number of alkyl halides is 2. The van der Waals surface area contributed by atoms with E-state index in [-0.39, 0.29) is 66.1 Å². The monoisotopic (exact) mass is 751 g/mol. The van der Waals surface area contributed by atoms with Gasteiger partial charge in [-0.25, -0.2) is 27.0 Å². The molecule has 1 saturated carbocycles. The molecule has 3 heterocycles. The number of aliphatic imine (C=N–C) groups is 1. The van der Waals surface area contributed by atoms with Crippen LogP contribution in [-0.4, -0.2) is 93.4 Å². The second kappa shape index (κ2) is 16.2. The maximum Gasteiger partial charge on any atom is 0.433 e. The lowest BCUT2D eigenvalue weighted by atomic mass is 9.80. The van der Waals surface area contributed by atoms with Crippen LogP contribution in [0.4, 0.5) is 25.1 Å². The fourth-order valence-corrected chi connectivity index (χ4v) is 8.41. The van der Waals surface area contributed by atoms with Crippen LogP contribution in [0.25, 0.3) is 0 Å². The van der Waals surface area contributed by atoms with Crippen molar-refractivity contribution in [3.63, 3.8) is 0 Å². The zero-order valence-corrected chi connectivity index (χ0v) is 30.9. The normalized spacial score (nSPS) is 22.6. The van der Waals surface area contributed by atoms with Gasteiger partial charge in [-0.15, -0.1) is 0 Å². The SMILES string of the molecule is CC(C)(C)OC(=O)N=CC1CC(=O)N(c2ccc(S(=O)(=O)N3CCN(c4cc(C(F)(F)C5CCC(NCCCN)CC5)cc(Cl)n4)CC3)cc2)C1. The molecule has 0 spiro atoms. The van der Waals surface area contributed by atoms with Crippen LogP contribution in [-0.2, 0) is 25.5 Å². The Hall–Kier alpha value is -3.24. The summed E-state index contributed by atoms with van der Waals surface area (Å²) in [6, 6.07) is 8.91. The highest BCUT2D eigenvalue weighted by molar-refractivity contribution is 7.89. The first-order chi connectivity index (χ1) is 24.1. The summed E-state index contributed by atoms with van der Waals surface area (Å²) in [6.45, 7) is 7.60. The fraction of sp³-hybridized carbons (Fsp3) is 0.600. The molecule has 3 fully saturated rings. The summed E-state index contributed by atoms with van der Waals surface area (Å²) >= 11 is 6.27. The number of anilines is 2. The highest BCUT2D eigenvalue weighted by atomic mass is 35.5. The van der Waals surface area contributed by atoms with Gasteiger partial charge < -0.3 is 25.6 Å². The first-order valence-corrected chi connectivity index (χ1v) is 19.3. The summed E-state index contributed by atoms with van der Waals surface area (Å²) in [5, 5.41) is 3.37. The largest absolute Gasteiger partial charge is 0.442 e. The second-order valence-electron chi connectivity index (χ2n) is 14.4. The maximum absolute atomic E-state index is 15.8. The van der Waals surface area contributed by atoms with E-state index in [1.807, 2.05) is 0 Å². The molecule has 1 atom stereocenters. The number of amides is 2. The lowest BCUT2D eigenvalue weighted by Gasteiger charge is -2.36. The van der Waals surface area contributed by atoms with Crippen molar-refractivity contribution in [3.8, 4) is 0 Å². The van der Waals surface area contributed by atoms with E-state index in [9.17, 15) is 18.0 Å². The molecular weight excluding hydrogens is 704 g/mol. The molecule has 2 saturated heterocycles. The Bertz CT molecular complexity index is 1670. The molecule has 0 bridgehead atoms. The molecule has 5 rings (SSSR count). The minimum atomic E-state index is -3.88. The third-order valence-electron chi connectivity index (χ3n) is 9.51. The number of aromatic nitrogens is 1. The predicted molar refractivity (Wildman–Crippen MR) is 193 cm³/mol. The van der Waals surface area contributed by atoms with Crippen molar-refractivity contribution in [2.45, 2.75) is 81.8 Å². The van der Waals surface area contributed by atoms with Crippen LogP contribution in [0.1, 0.15) is 64.9 Å². The molecule has 51 heavy (non-hydrogen) atoms. The van der Waals surface area contributed by atoms with Crippen molar-refractivity contribution in [1.82, 2.24) is 14.6 Å². The standard InChI is InChI=1S/C35H48ClF2N7O5S/c1-34(2,3)50-33(47)41-22-24-19-32(46)45(23-24)28-9-11-29(12-10-28)51(48,49)44-17-15-43(16-18-44)31-21-26(20-30(36)42-31)35(37,38)25-5-7-27(8-6-25)40-14-4-13-39/h9-12,20-22,24-25,27,40H,4-8,13-19,23,39H2,1-3H3. The Balaban J connectivity index is 1.17. The van der Waals surface area contributed by atoms with Crippen molar-refractivity contribution in [3.05, 3.63) is 47.1 Å². The summed E-state index contributed by atoms with van der Waals surface area (Å²) in [6.07, 6.45) is 3.81. The van der Waals surface area contributed by atoms with Gasteiger partial charge in [0.1, 0.15) is 16.6 Å². The average molecular weight is 752 g/mol. The van der Waals surface area contributed by atoms with E-state index in [2.05, 4.69) is 15.3 Å². The summed E-state index contributed by atoms with van der Waals surface area (Å²) in [5.74, 6) is -4.07. The lowest BCUT2D eigenvalue weighted by molar-refractivity contribution is -0.117. The molecule has 3 aliphatic rings. The van der Waals surface area contributed by atoms with E-state index in [4.69, 9.17) is 22.1 Å². The molecule has 16 heteroatoms. The highest BCUT2D eigenvalue weighted by Crippen LogP contribution is 2.45. The molecule has 1 aromatic carbocycles. The van der Waals surface area contributed by atoms with Gasteiger partial charge in [-0.3, -0.25) is 4.79 Å². The topological polar surface area (TPSA) is 151 Å². The van der Waals surface area contributed by atoms with E-state index >= 15 is 8.78 Å². The van der Waals surface area contributed by atoms with E-state index in [0.717, 1.165) is 13.0 Å². The smallest absolute Gasteiger partial charge is 0.433 e. The van der Waals surface area contributed by atoms with Gasteiger partial charge >= 0.3 is 6.09 Å². The molecular formula is C35H48ClF2N7O5S. The van der Waals surface area contributed by atoms with Gasteiger partial charge in [-0.2, -0.15) is 9.30 Å². The van der Waals surface area contributed by atoms with Crippen molar-refractivity contribution in [2.24, 2.45) is 22.6 Å². The van der Waals surface area contributed by atoms with Crippen molar-refractivity contribution >= 4 is 51.3 Å². The quantitative estimate of drug-likeness (QED) is 0.180. The van der Waals surface area contributed by atoms with E-state index < -0.39 is 33.6 Å². The van der Waals surface area contributed by atoms with Crippen LogP contribution in [0.15, 0.2) is 46.3 Å². The van der Waals surface area contributed by atoms with Crippen LogP contribution in [0.2, 0.25) is 5.15 Å². The molecule has 2 aliphatic heterocycles. The Morgan fingerprint density at radius 3 is 2.39 bits per heavy atom. The number of pyridine rings is 1. The zero-order valence-electron chi connectivity index (χ0n) is 29.4. The number of rotatable bonds is 11. The molecule has 1 unspecified atom stereocenters. The minimum Gasteiger partial charge on any atom is -0.442 e. The Kier molecular flexibility index (Phi) is 12.4. The van der Waals surface area contributed by atoms with Gasteiger partial charge in [0.15, 0.2) is 0 Å². The van der Waals surface area contributed by atoms with Crippen molar-refractivity contribution in [1.29, 1.82) is 0 Å². The third-order valence-corrected chi connectivity index (χ3v) is 11.6. The number of nitrogens with one attached hydrogen (secondary N) is 1. The number of piperazine rings is 1. The molecule has 0 radical (unpaired) electrons. The van der Waals surface area contributed by atoms with Crippen LogP contribution >= 0.6 is 11.6 Å². The number of hydrogen-bond donors (Lipinski definition) is 2.